The first-order valence-corrected chi connectivity index (χ1v) is 10.5. The molecule has 1 aliphatic rings. The average Bonchev–Trinajstić information content (AvgIpc) is 2.63. The Labute approximate surface area is 158 Å². The van der Waals surface area contributed by atoms with Gasteiger partial charge in [-0.05, 0) is 55.5 Å². The van der Waals surface area contributed by atoms with E-state index in [1.165, 1.54) is 12.1 Å². The lowest BCUT2D eigenvalue weighted by atomic mass is 10.1. The maximum Gasteiger partial charge on any atom is 0.244 e. The van der Waals surface area contributed by atoms with E-state index >= 15 is 0 Å². The molecule has 1 aliphatic heterocycles. The number of benzene rings is 2. The number of morpholine rings is 1. The topological polar surface area (TPSA) is 93.7 Å². The van der Waals surface area contributed by atoms with Crippen molar-refractivity contribution in [1.29, 1.82) is 0 Å². The fourth-order valence-electron chi connectivity index (χ4n) is 2.74. The van der Waals surface area contributed by atoms with Crippen molar-refractivity contribution < 1.29 is 22.7 Å². The van der Waals surface area contributed by atoms with Crippen molar-refractivity contribution in [2.75, 3.05) is 24.7 Å². The highest BCUT2D eigenvalue weighted by Crippen LogP contribution is 2.24. The van der Waals surface area contributed by atoms with Crippen LogP contribution in [-0.4, -0.2) is 45.9 Å². The third-order valence-corrected chi connectivity index (χ3v) is 5.34. The summed E-state index contributed by atoms with van der Waals surface area (Å²) in [6.45, 7) is 3.11. The maximum atomic E-state index is 12.3. The number of ether oxygens (including phenoxy) is 2. The van der Waals surface area contributed by atoms with Crippen LogP contribution in [0.3, 0.4) is 0 Å². The molecular formula is C19H22N2O5S. The Morgan fingerprint density at radius 2 is 1.70 bits per heavy atom. The molecule has 7 nitrogen and oxygen atoms in total. The minimum absolute atomic E-state index is 0.146. The molecule has 1 saturated heterocycles. The largest absolute Gasteiger partial charge is 0.457 e. The van der Waals surface area contributed by atoms with Crippen LogP contribution in [0.1, 0.15) is 6.92 Å². The molecule has 1 amide bonds. The summed E-state index contributed by atoms with van der Waals surface area (Å²) in [6.07, 6.45) is 0.974. The van der Waals surface area contributed by atoms with Gasteiger partial charge in [0.05, 0.1) is 17.6 Å². The number of carbonyl (C=O) groups excluding carboxylic acids is 1. The molecule has 8 heteroatoms. The first-order chi connectivity index (χ1) is 12.8. The van der Waals surface area contributed by atoms with Crippen LogP contribution >= 0.6 is 0 Å². The molecule has 0 spiro atoms. The van der Waals surface area contributed by atoms with Crippen molar-refractivity contribution in [2.45, 2.75) is 24.0 Å². The lowest BCUT2D eigenvalue weighted by molar-refractivity contribution is -0.123. The number of amides is 1. The molecule has 0 aliphatic carbocycles. The predicted molar refractivity (Wildman–Crippen MR) is 102 cm³/mol. The van der Waals surface area contributed by atoms with Crippen LogP contribution in [0.25, 0.3) is 0 Å². The molecule has 2 atom stereocenters. The van der Waals surface area contributed by atoms with Gasteiger partial charge in [-0.1, -0.05) is 0 Å². The van der Waals surface area contributed by atoms with Crippen LogP contribution in [0.5, 0.6) is 11.5 Å². The molecular weight excluding hydrogens is 368 g/mol. The van der Waals surface area contributed by atoms with Gasteiger partial charge in [0, 0.05) is 18.5 Å². The van der Waals surface area contributed by atoms with Gasteiger partial charge in [0.2, 0.25) is 5.91 Å². The molecule has 0 aromatic heterocycles. The Morgan fingerprint density at radius 1 is 1.11 bits per heavy atom. The lowest BCUT2D eigenvalue weighted by Crippen LogP contribution is -2.53. The van der Waals surface area contributed by atoms with E-state index in [1.54, 1.807) is 36.4 Å². The maximum absolute atomic E-state index is 12.3. The summed E-state index contributed by atoms with van der Waals surface area (Å²) in [6, 6.07) is 12.8. The molecule has 0 bridgehead atoms. The minimum atomic E-state index is -3.23. The Hall–Kier alpha value is -2.42. The number of anilines is 1. The van der Waals surface area contributed by atoms with Crippen LogP contribution in [0.2, 0.25) is 0 Å². The zero-order valence-electron chi connectivity index (χ0n) is 15.1. The monoisotopic (exact) mass is 390 g/mol. The molecule has 144 valence electrons. The van der Waals surface area contributed by atoms with Crippen LogP contribution in [0.4, 0.5) is 5.69 Å². The normalized spacial score (nSPS) is 20.1. The molecule has 2 N–H and O–H groups in total. The van der Waals surface area contributed by atoms with Crippen molar-refractivity contribution in [3.05, 3.63) is 48.5 Å². The van der Waals surface area contributed by atoms with Crippen LogP contribution in [-0.2, 0) is 19.4 Å². The summed E-state index contributed by atoms with van der Waals surface area (Å²) in [5.41, 5.74) is 0.652. The van der Waals surface area contributed by atoms with E-state index in [-0.39, 0.29) is 22.9 Å². The Morgan fingerprint density at radius 3 is 2.26 bits per heavy atom. The average molecular weight is 390 g/mol. The highest BCUT2D eigenvalue weighted by Gasteiger charge is 2.28. The van der Waals surface area contributed by atoms with Crippen molar-refractivity contribution >= 4 is 21.4 Å². The summed E-state index contributed by atoms with van der Waals surface area (Å²) < 4.78 is 34.1. The second kappa shape index (κ2) is 8.08. The predicted octanol–water partition coefficient (Wildman–Crippen LogP) is 2.20. The minimum Gasteiger partial charge on any atom is -0.457 e. The second-order valence-electron chi connectivity index (χ2n) is 6.37. The zero-order chi connectivity index (χ0) is 19.4. The number of sulfone groups is 1. The van der Waals surface area contributed by atoms with E-state index in [9.17, 15) is 13.2 Å². The highest BCUT2D eigenvalue weighted by atomic mass is 32.2. The summed E-state index contributed by atoms with van der Waals surface area (Å²) in [4.78, 5) is 12.6. The third kappa shape index (κ3) is 5.06. The Balaban J connectivity index is 1.61. The van der Waals surface area contributed by atoms with Gasteiger partial charge in [-0.2, -0.15) is 0 Å². The van der Waals surface area contributed by atoms with Crippen molar-refractivity contribution in [3.63, 3.8) is 0 Å². The number of nitrogens with one attached hydrogen (secondary N) is 2. The van der Waals surface area contributed by atoms with Gasteiger partial charge in [0.1, 0.15) is 17.5 Å². The Kier molecular flexibility index (Phi) is 5.79. The smallest absolute Gasteiger partial charge is 0.244 e. The van der Waals surface area contributed by atoms with Gasteiger partial charge in [-0.25, -0.2) is 8.42 Å². The quantitative estimate of drug-likeness (QED) is 0.813. The van der Waals surface area contributed by atoms with Crippen molar-refractivity contribution in [1.82, 2.24) is 5.32 Å². The Bertz CT molecular complexity index is 895. The number of hydrogen-bond acceptors (Lipinski definition) is 6. The van der Waals surface area contributed by atoms with Crippen LogP contribution in [0.15, 0.2) is 53.4 Å². The summed E-state index contributed by atoms with van der Waals surface area (Å²) in [5.74, 6) is 0.955. The molecule has 1 fully saturated rings. The van der Waals surface area contributed by atoms with Gasteiger partial charge < -0.3 is 20.1 Å². The zero-order valence-corrected chi connectivity index (χ0v) is 16.0. The number of rotatable bonds is 5. The number of hydrogen-bond donors (Lipinski definition) is 2. The van der Waals surface area contributed by atoms with E-state index in [1.807, 2.05) is 6.92 Å². The summed E-state index contributed by atoms with van der Waals surface area (Å²) >= 11 is 0. The fraction of sp³-hybridized carbons (Fsp3) is 0.316. The van der Waals surface area contributed by atoms with Crippen molar-refractivity contribution in [2.24, 2.45) is 0 Å². The summed E-state index contributed by atoms with van der Waals surface area (Å²) in [5, 5.41) is 6.00. The first-order valence-electron chi connectivity index (χ1n) is 8.57. The SMILES string of the molecule is C[C@H]1OCCN[C@@H]1C(=O)Nc1ccc(Oc2ccc(S(C)(=O)=O)cc2)cc1. The number of carbonyl (C=O) groups is 1. The van der Waals surface area contributed by atoms with Crippen LogP contribution in [0, 0.1) is 0 Å². The molecule has 2 aromatic rings. The lowest BCUT2D eigenvalue weighted by Gasteiger charge is -2.29. The van der Waals surface area contributed by atoms with E-state index < -0.39 is 9.84 Å². The molecule has 0 saturated carbocycles. The van der Waals surface area contributed by atoms with Gasteiger partial charge in [0.15, 0.2) is 9.84 Å². The van der Waals surface area contributed by atoms with Gasteiger partial charge >= 0.3 is 0 Å². The van der Waals surface area contributed by atoms with E-state index in [0.29, 0.717) is 30.3 Å². The second-order valence-corrected chi connectivity index (χ2v) is 8.38. The van der Waals surface area contributed by atoms with Gasteiger partial charge in [-0.3, -0.25) is 4.79 Å². The standard InChI is InChI=1S/C19H22N2O5S/c1-13-18(20-11-12-25-13)19(22)21-14-3-5-15(6-4-14)26-16-7-9-17(10-8-16)27(2,23)24/h3-10,13,18,20H,11-12H2,1-2H3,(H,21,22)/t13-,18+/m1/s1. The summed E-state index contributed by atoms with van der Waals surface area (Å²) in [7, 11) is -3.23. The van der Waals surface area contributed by atoms with E-state index in [4.69, 9.17) is 9.47 Å². The van der Waals surface area contributed by atoms with E-state index in [0.717, 1.165) is 6.26 Å². The molecule has 2 aromatic carbocycles. The fourth-order valence-corrected chi connectivity index (χ4v) is 3.38. The van der Waals surface area contributed by atoms with Crippen molar-refractivity contribution in [3.8, 4) is 11.5 Å². The third-order valence-electron chi connectivity index (χ3n) is 4.21. The van der Waals surface area contributed by atoms with Gasteiger partial charge in [0.25, 0.3) is 0 Å². The molecule has 27 heavy (non-hydrogen) atoms. The molecule has 1 heterocycles. The molecule has 0 unspecified atom stereocenters. The van der Waals surface area contributed by atoms with E-state index in [2.05, 4.69) is 10.6 Å². The van der Waals surface area contributed by atoms with Crippen LogP contribution < -0.4 is 15.4 Å². The molecule has 3 rings (SSSR count). The van der Waals surface area contributed by atoms with Gasteiger partial charge in [-0.15, -0.1) is 0 Å². The molecule has 0 radical (unpaired) electrons. The highest BCUT2D eigenvalue weighted by molar-refractivity contribution is 7.90. The first kappa shape index (κ1) is 19.3.